The third kappa shape index (κ3) is 1.79. The molecule has 4 aliphatic carbocycles. The van der Waals surface area contributed by atoms with Gasteiger partial charge in [-0.3, -0.25) is 0 Å². The summed E-state index contributed by atoms with van der Waals surface area (Å²) in [5.41, 5.74) is -1.62. The molecular weight excluding hydrogens is 232 g/mol. The molecule has 0 spiro atoms. The van der Waals surface area contributed by atoms with Crippen LogP contribution in [0.25, 0.3) is 0 Å². The van der Waals surface area contributed by atoms with Crippen LogP contribution in [-0.2, 0) is 4.79 Å². The van der Waals surface area contributed by atoms with Crippen LogP contribution in [-0.4, -0.2) is 32.5 Å². The molecule has 4 aliphatic rings. The van der Waals surface area contributed by atoms with Gasteiger partial charge in [0.15, 0.2) is 0 Å². The Hall–Kier alpha value is -0.870. The van der Waals surface area contributed by atoms with Crippen LogP contribution >= 0.6 is 0 Å². The van der Waals surface area contributed by atoms with Crippen LogP contribution in [0.4, 0.5) is 0 Å². The minimum Gasteiger partial charge on any atom is -0.478 e. The highest BCUT2D eigenvalue weighted by molar-refractivity contribution is 5.85. The smallest absolute Gasteiger partial charge is 0.330 e. The van der Waals surface area contributed by atoms with Crippen molar-refractivity contribution in [2.24, 2.45) is 11.3 Å². The topological polar surface area (TPSA) is 77.8 Å². The largest absolute Gasteiger partial charge is 0.478 e. The van der Waals surface area contributed by atoms with Crippen molar-refractivity contribution < 1.29 is 20.1 Å². The maximum absolute atomic E-state index is 11.0. The highest BCUT2D eigenvalue weighted by Crippen LogP contribution is 2.64. The van der Waals surface area contributed by atoms with Gasteiger partial charge in [-0.1, -0.05) is 6.58 Å². The molecule has 4 nitrogen and oxygen atoms in total. The maximum atomic E-state index is 11.0. The van der Waals surface area contributed by atoms with E-state index >= 15 is 0 Å². The summed E-state index contributed by atoms with van der Waals surface area (Å²) in [6.07, 6.45) is 4.52. The molecule has 4 saturated carbocycles. The molecule has 0 heterocycles. The Morgan fingerprint density at radius 1 is 1.11 bits per heavy atom. The Kier molecular flexibility index (Phi) is 2.28. The first-order valence-corrected chi connectivity index (χ1v) is 6.59. The Balaban J connectivity index is 1.89. The number of aliphatic hydroxyl groups is 2. The molecule has 0 radical (unpaired) electrons. The molecule has 0 aromatic heterocycles. The molecule has 0 aromatic rings. The highest BCUT2D eigenvalue weighted by Gasteiger charge is 2.62. The van der Waals surface area contributed by atoms with Crippen LogP contribution in [0.3, 0.4) is 0 Å². The van der Waals surface area contributed by atoms with E-state index in [4.69, 9.17) is 5.11 Å². The second-order valence-corrected chi connectivity index (χ2v) is 7.04. The predicted molar refractivity (Wildman–Crippen MR) is 64.9 cm³/mol. The van der Waals surface area contributed by atoms with E-state index in [0.717, 1.165) is 19.3 Å². The zero-order chi connectivity index (χ0) is 13.2. The number of carbonyl (C=O) groups is 1. The second-order valence-electron chi connectivity index (χ2n) is 7.04. The van der Waals surface area contributed by atoms with Gasteiger partial charge in [-0.05, 0) is 49.9 Å². The van der Waals surface area contributed by atoms with Crippen molar-refractivity contribution in [3.63, 3.8) is 0 Å². The second kappa shape index (κ2) is 3.36. The Bertz CT molecular complexity index is 410. The van der Waals surface area contributed by atoms with Crippen molar-refractivity contribution in [1.29, 1.82) is 0 Å². The fourth-order valence-corrected chi connectivity index (χ4v) is 5.26. The molecule has 0 saturated heterocycles. The first kappa shape index (κ1) is 12.2. The van der Waals surface area contributed by atoms with Gasteiger partial charge in [0, 0.05) is 12.0 Å². The lowest BCUT2D eigenvalue weighted by Gasteiger charge is -2.63. The van der Waals surface area contributed by atoms with E-state index < -0.39 is 17.2 Å². The summed E-state index contributed by atoms with van der Waals surface area (Å²) in [6, 6.07) is 0. The average molecular weight is 252 g/mol. The van der Waals surface area contributed by atoms with Gasteiger partial charge >= 0.3 is 5.97 Å². The quantitative estimate of drug-likeness (QED) is 0.665. The third-order valence-electron chi connectivity index (χ3n) is 5.02. The van der Waals surface area contributed by atoms with Crippen molar-refractivity contribution in [2.45, 2.75) is 56.1 Å². The zero-order valence-electron chi connectivity index (χ0n) is 10.5. The summed E-state index contributed by atoms with van der Waals surface area (Å²) in [7, 11) is 0. The van der Waals surface area contributed by atoms with Gasteiger partial charge in [0.1, 0.15) is 0 Å². The summed E-state index contributed by atoms with van der Waals surface area (Å²) in [6.45, 7) is 3.61. The molecular formula is C14H20O4. The molecule has 0 aliphatic heterocycles. The van der Waals surface area contributed by atoms with Crippen molar-refractivity contribution in [3.05, 3.63) is 12.2 Å². The molecule has 18 heavy (non-hydrogen) atoms. The highest BCUT2D eigenvalue weighted by atomic mass is 16.4. The molecule has 4 heteroatoms. The van der Waals surface area contributed by atoms with Crippen molar-refractivity contribution >= 4 is 5.97 Å². The van der Waals surface area contributed by atoms with Gasteiger partial charge in [0.2, 0.25) is 0 Å². The molecule has 2 atom stereocenters. The molecule has 4 fully saturated rings. The first-order chi connectivity index (χ1) is 8.23. The summed E-state index contributed by atoms with van der Waals surface area (Å²) in [4.78, 5) is 11.0. The Morgan fingerprint density at radius 2 is 1.67 bits per heavy atom. The molecule has 100 valence electrons. The van der Waals surface area contributed by atoms with Crippen LogP contribution in [0.15, 0.2) is 12.2 Å². The third-order valence-corrected chi connectivity index (χ3v) is 5.02. The lowest BCUT2D eigenvalue weighted by Crippen LogP contribution is -2.63. The van der Waals surface area contributed by atoms with Gasteiger partial charge in [0.25, 0.3) is 0 Å². The number of carboxylic acids is 1. The van der Waals surface area contributed by atoms with Crippen molar-refractivity contribution in [3.8, 4) is 0 Å². The Morgan fingerprint density at radius 3 is 2.11 bits per heavy atom. The van der Waals surface area contributed by atoms with Crippen LogP contribution in [0.2, 0.25) is 0 Å². The van der Waals surface area contributed by atoms with Crippen molar-refractivity contribution in [2.75, 3.05) is 0 Å². The fraction of sp³-hybridized carbons (Fsp3) is 0.786. The fourth-order valence-electron chi connectivity index (χ4n) is 5.26. The lowest BCUT2D eigenvalue weighted by atomic mass is 9.45. The van der Waals surface area contributed by atoms with Crippen LogP contribution in [0.1, 0.15) is 44.9 Å². The van der Waals surface area contributed by atoms with E-state index in [-0.39, 0.29) is 11.0 Å². The Labute approximate surface area is 106 Å². The van der Waals surface area contributed by atoms with Gasteiger partial charge < -0.3 is 15.3 Å². The standard InChI is InChI=1S/C14H20O4/c1-9(11(15)16)2-12-3-10-4-13(17,6-12)8-14(18,5-10)7-12/h10,17-18H,1-8H2,(H,15,16). The van der Waals surface area contributed by atoms with E-state index in [2.05, 4.69) is 6.58 Å². The number of hydrogen-bond acceptors (Lipinski definition) is 3. The van der Waals surface area contributed by atoms with Crippen LogP contribution < -0.4 is 0 Å². The monoisotopic (exact) mass is 252 g/mol. The molecule has 0 amide bonds. The van der Waals surface area contributed by atoms with E-state index in [1.807, 2.05) is 0 Å². The number of carboxylic acid groups (broad SMARTS) is 1. The summed E-state index contributed by atoms with van der Waals surface area (Å²) < 4.78 is 0. The van der Waals surface area contributed by atoms with E-state index in [1.54, 1.807) is 0 Å². The molecule has 2 unspecified atom stereocenters. The lowest BCUT2D eigenvalue weighted by molar-refractivity contribution is -0.229. The number of rotatable bonds is 3. The van der Waals surface area contributed by atoms with E-state index in [9.17, 15) is 15.0 Å². The van der Waals surface area contributed by atoms with E-state index in [1.165, 1.54) is 0 Å². The van der Waals surface area contributed by atoms with Crippen LogP contribution in [0, 0.1) is 11.3 Å². The number of hydrogen-bond donors (Lipinski definition) is 3. The summed E-state index contributed by atoms with van der Waals surface area (Å²) in [5, 5.41) is 30.1. The number of aliphatic carboxylic acids is 1. The minimum atomic E-state index is -0.968. The molecule has 3 N–H and O–H groups in total. The van der Waals surface area contributed by atoms with E-state index in [0.29, 0.717) is 31.6 Å². The summed E-state index contributed by atoms with van der Waals surface area (Å²) in [5.74, 6) is -0.637. The molecule has 0 aromatic carbocycles. The maximum Gasteiger partial charge on any atom is 0.330 e. The van der Waals surface area contributed by atoms with Gasteiger partial charge in [-0.15, -0.1) is 0 Å². The SMILES string of the molecule is C=C(CC12CC3CC(O)(CC(O)(C3)C1)C2)C(=O)O. The first-order valence-electron chi connectivity index (χ1n) is 6.59. The molecule has 4 rings (SSSR count). The zero-order valence-corrected chi connectivity index (χ0v) is 10.5. The van der Waals surface area contributed by atoms with Gasteiger partial charge in [0.05, 0.1) is 11.2 Å². The van der Waals surface area contributed by atoms with Crippen LogP contribution in [0.5, 0.6) is 0 Å². The van der Waals surface area contributed by atoms with Crippen molar-refractivity contribution in [1.82, 2.24) is 0 Å². The average Bonchev–Trinajstić information content (AvgIpc) is 2.09. The summed E-state index contributed by atoms with van der Waals surface area (Å²) >= 11 is 0. The predicted octanol–water partition coefficient (Wildman–Crippen LogP) is 1.46. The van der Waals surface area contributed by atoms with Gasteiger partial charge in [-0.25, -0.2) is 4.79 Å². The normalized spacial score (nSPS) is 49.3. The minimum absolute atomic E-state index is 0.198. The van der Waals surface area contributed by atoms with Gasteiger partial charge in [-0.2, -0.15) is 0 Å². The molecule has 4 bridgehead atoms.